The maximum absolute atomic E-state index is 12.0. The molecule has 0 saturated carbocycles. The van der Waals surface area contributed by atoms with Crippen molar-refractivity contribution < 1.29 is 13.2 Å². The van der Waals surface area contributed by atoms with Gasteiger partial charge in [0.2, 0.25) is 15.9 Å². The fourth-order valence-corrected chi connectivity index (χ4v) is 3.46. The lowest BCUT2D eigenvalue weighted by Gasteiger charge is -2.30. The predicted octanol–water partition coefficient (Wildman–Crippen LogP) is 0.116. The first-order chi connectivity index (χ1) is 9.36. The van der Waals surface area contributed by atoms with Crippen molar-refractivity contribution in [2.24, 2.45) is 5.92 Å². The summed E-state index contributed by atoms with van der Waals surface area (Å²) in [4.78, 5) is 14.1. The quantitative estimate of drug-likeness (QED) is 0.678. The second-order valence-electron chi connectivity index (χ2n) is 5.52. The minimum absolute atomic E-state index is 0.0438. The molecule has 7 heteroatoms. The molecule has 1 aliphatic rings. The molecule has 0 unspecified atom stereocenters. The zero-order valence-corrected chi connectivity index (χ0v) is 13.6. The van der Waals surface area contributed by atoms with Gasteiger partial charge in [0.25, 0.3) is 0 Å². The van der Waals surface area contributed by atoms with E-state index < -0.39 is 10.0 Å². The highest BCUT2D eigenvalue weighted by Gasteiger charge is 2.29. The number of hydrogen-bond acceptors (Lipinski definition) is 4. The van der Waals surface area contributed by atoms with Crippen LogP contribution >= 0.6 is 0 Å². The molecule has 1 heterocycles. The summed E-state index contributed by atoms with van der Waals surface area (Å²) in [5.41, 5.74) is 0. The van der Waals surface area contributed by atoms with Gasteiger partial charge in [0.05, 0.1) is 5.75 Å². The number of nitrogens with zero attached hydrogens (tertiary/aromatic N) is 2. The van der Waals surface area contributed by atoms with Crippen LogP contribution in [0.25, 0.3) is 0 Å². The van der Waals surface area contributed by atoms with Crippen LogP contribution < -0.4 is 5.32 Å². The Morgan fingerprint density at radius 2 is 1.90 bits per heavy atom. The zero-order chi connectivity index (χ0) is 15.2. The van der Waals surface area contributed by atoms with Gasteiger partial charge in [0, 0.05) is 25.6 Å². The third kappa shape index (κ3) is 5.38. The standard InChI is InChI=1S/C13H27N3O3S/c1-4-20(18,19)16-10-6-12(7-11-16)13(17)14-8-5-9-15(2)3/h12H,4-11H2,1-3H3,(H,14,17). The van der Waals surface area contributed by atoms with Crippen molar-refractivity contribution in [2.45, 2.75) is 26.2 Å². The molecule has 1 aliphatic heterocycles. The Kier molecular flexibility index (Phi) is 6.91. The average Bonchev–Trinajstić information content (AvgIpc) is 2.43. The highest BCUT2D eigenvalue weighted by molar-refractivity contribution is 7.89. The Morgan fingerprint density at radius 1 is 1.30 bits per heavy atom. The molecule has 1 N–H and O–H groups in total. The van der Waals surface area contributed by atoms with Crippen molar-refractivity contribution in [1.82, 2.24) is 14.5 Å². The van der Waals surface area contributed by atoms with Crippen LogP contribution in [0, 0.1) is 5.92 Å². The van der Waals surface area contributed by atoms with E-state index in [9.17, 15) is 13.2 Å². The van der Waals surface area contributed by atoms with Gasteiger partial charge in [-0.05, 0) is 46.8 Å². The maximum atomic E-state index is 12.0. The number of piperidine rings is 1. The highest BCUT2D eigenvalue weighted by Crippen LogP contribution is 2.19. The van der Waals surface area contributed by atoms with Gasteiger partial charge in [-0.3, -0.25) is 4.79 Å². The van der Waals surface area contributed by atoms with Crippen LogP contribution in [0.1, 0.15) is 26.2 Å². The van der Waals surface area contributed by atoms with Gasteiger partial charge in [0.15, 0.2) is 0 Å². The first-order valence-corrected chi connectivity index (χ1v) is 8.88. The third-order valence-corrected chi connectivity index (χ3v) is 5.55. The Labute approximate surface area is 122 Å². The van der Waals surface area contributed by atoms with Crippen LogP contribution in [0.4, 0.5) is 0 Å². The minimum Gasteiger partial charge on any atom is -0.356 e. The number of rotatable bonds is 7. The number of amides is 1. The van der Waals surface area contributed by atoms with Crippen molar-refractivity contribution in [3.8, 4) is 0 Å². The molecule has 0 aromatic carbocycles. The number of carbonyl (C=O) groups excluding carboxylic acids is 1. The maximum Gasteiger partial charge on any atom is 0.223 e. The molecule has 0 aliphatic carbocycles. The summed E-state index contributed by atoms with van der Waals surface area (Å²) >= 11 is 0. The topological polar surface area (TPSA) is 69.7 Å². The van der Waals surface area contributed by atoms with Crippen molar-refractivity contribution in [3.63, 3.8) is 0 Å². The molecule has 6 nitrogen and oxygen atoms in total. The average molecular weight is 305 g/mol. The monoisotopic (exact) mass is 305 g/mol. The zero-order valence-electron chi connectivity index (χ0n) is 12.8. The van der Waals surface area contributed by atoms with Gasteiger partial charge < -0.3 is 10.2 Å². The summed E-state index contributed by atoms with van der Waals surface area (Å²) < 4.78 is 25.0. The Balaban J connectivity index is 2.29. The number of sulfonamides is 1. The predicted molar refractivity (Wildman–Crippen MR) is 79.9 cm³/mol. The SMILES string of the molecule is CCS(=O)(=O)N1CCC(C(=O)NCCCN(C)C)CC1. The Morgan fingerprint density at radius 3 is 2.40 bits per heavy atom. The van der Waals surface area contributed by atoms with Crippen LogP contribution in [0.2, 0.25) is 0 Å². The molecule has 20 heavy (non-hydrogen) atoms. The van der Waals surface area contributed by atoms with E-state index in [1.807, 2.05) is 14.1 Å². The molecule has 0 spiro atoms. The first-order valence-electron chi connectivity index (χ1n) is 7.27. The van der Waals surface area contributed by atoms with Crippen molar-refractivity contribution in [3.05, 3.63) is 0 Å². The van der Waals surface area contributed by atoms with E-state index in [4.69, 9.17) is 0 Å². The largest absolute Gasteiger partial charge is 0.356 e. The normalized spacial score (nSPS) is 18.4. The number of carbonyl (C=O) groups is 1. The van der Waals surface area contributed by atoms with E-state index >= 15 is 0 Å². The van der Waals surface area contributed by atoms with E-state index in [-0.39, 0.29) is 17.6 Å². The van der Waals surface area contributed by atoms with E-state index in [2.05, 4.69) is 10.2 Å². The second-order valence-corrected chi connectivity index (χ2v) is 7.78. The van der Waals surface area contributed by atoms with Crippen LogP contribution in [0.3, 0.4) is 0 Å². The molecule has 0 atom stereocenters. The number of nitrogens with one attached hydrogen (secondary N) is 1. The lowest BCUT2D eigenvalue weighted by Crippen LogP contribution is -2.43. The lowest BCUT2D eigenvalue weighted by molar-refractivity contribution is -0.126. The molecule has 1 fully saturated rings. The van der Waals surface area contributed by atoms with E-state index in [1.54, 1.807) is 6.92 Å². The molecule has 0 aromatic rings. The van der Waals surface area contributed by atoms with Gasteiger partial charge in [-0.15, -0.1) is 0 Å². The molecule has 0 radical (unpaired) electrons. The highest BCUT2D eigenvalue weighted by atomic mass is 32.2. The van der Waals surface area contributed by atoms with Crippen LogP contribution in [0.15, 0.2) is 0 Å². The summed E-state index contributed by atoms with van der Waals surface area (Å²) in [5.74, 6) is 0.156. The first kappa shape index (κ1) is 17.4. The van der Waals surface area contributed by atoms with E-state index in [1.165, 1.54) is 4.31 Å². The van der Waals surface area contributed by atoms with Gasteiger partial charge in [-0.1, -0.05) is 0 Å². The smallest absolute Gasteiger partial charge is 0.223 e. The summed E-state index contributed by atoms with van der Waals surface area (Å²) in [7, 11) is 0.907. The van der Waals surface area contributed by atoms with Crippen molar-refractivity contribution in [1.29, 1.82) is 0 Å². The molecule has 118 valence electrons. The molecular formula is C13H27N3O3S. The summed E-state index contributed by atoms with van der Waals surface area (Å²) in [6.45, 7) is 4.22. The van der Waals surface area contributed by atoms with E-state index in [0.29, 0.717) is 32.5 Å². The molecular weight excluding hydrogens is 278 g/mol. The summed E-state index contributed by atoms with van der Waals surface area (Å²) in [5, 5.41) is 2.94. The van der Waals surface area contributed by atoms with Crippen LogP contribution in [-0.2, 0) is 14.8 Å². The van der Waals surface area contributed by atoms with Gasteiger partial charge in [0.1, 0.15) is 0 Å². The van der Waals surface area contributed by atoms with Gasteiger partial charge in [-0.2, -0.15) is 0 Å². The number of hydrogen-bond donors (Lipinski definition) is 1. The van der Waals surface area contributed by atoms with Crippen molar-refractivity contribution >= 4 is 15.9 Å². The van der Waals surface area contributed by atoms with Crippen LogP contribution in [-0.4, -0.2) is 69.6 Å². The lowest BCUT2D eigenvalue weighted by atomic mass is 9.97. The Hall–Kier alpha value is -0.660. The second kappa shape index (κ2) is 7.95. The fourth-order valence-electron chi connectivity index (χ4n) is 2.33. The Bertz CT molecular complexity index is 401. The fraction of sp³-hybridized carbons (Fsp3) is 0.923. The minimum atomic E-state index is -3.10. The molecule has 1 amide bonds. The molecule has 0 bridgehead atoms. The molecule has 0 aromatic heterocycles. The summed E-state index contributed by atoms with van der Waals surface area (Å²) in [6.07, 6.45) is 2.18. The van der Waals surface area contributed by atoms with Gasteiger partial charge in [-0.25, -0.2) is 12.7 Å². The molecule has 1 rings (SSSR count). The van der Waals surface area contributed by atoms with Gasteiger partial charge >= 0.3 is 0 Å². The summed E-state index contributed by atoms with van der Waals surface area (Å²) in [6, 6.07) is 0. The van der Waals surface area contributed by atoms with Crippen molar-refractivity contribution in [2.75, 3.05) is 46.0 Å². The van der Waals surface area contributed by atoms with Crippen LogP contribution in [0.5, 0.6) is 0 Å². The van der Waals surface area contributed by atoms with E-state index in [0.717, 1.165) is 13.0 Å². The molecule has 1 saturated heterocycles. The third-order valence-electron chi connectivity index (χ3n) is 3.66.